The number of aliphatic hydroxyl groups excluding tert-OH is 1. The van der Waals surface area contributed by atoms with E-state index < -0.39 is 0 Å². The lowest BCUT2D eigenvalue weighted by atomic mass is 9.84. The Labute approximate surface area is 117 Å². The summed E-state index contributed by atoms with van der Waals surface area (Å²) >= 11 is 0. The van der Waals surface area contributed by atoms with Crippen molar-refractivity contribution in [3.05, 3.63) is 0 Å². The summed E-state index contributed by atoms with van der Waals surface area (Å²) in [6.07, 6.45) is 3.61. The van der Waals surface area contributed by atoms with Gasteiger partial charge in [0.2, 0.25) is 5.91 Å². The van der Waals surface area contributed by atoms with E-state index in [9.17, 15) is 4.79 Å². The van der Waals surface area contributed by atoms with Crippen LogP contribution in [0.1, 0.15) is 46.5 Å². The smallest absolute Gasteiger partial charge is 0.220 e. The topological polar surface area (TPSA) is 61.4 Å². The van der Waals surface area contributed by atoms with E-state index in [0.29, 0.717) is 30.6 Å². The average Bonchev–Trinajstić information content (AvgIpc) is 2.39. The molecule has 4 nitrogen and oxygen atoms in total. The maximum Gasteiger partial charge on any atom is 0.220 e. The summed E-state index contributed by atoms with van der Waals surface area (Å²) in [5.41, 5.74) is 0. The number of carbonyl (C=O) groups excluding carboxylic acids is 1. The van der Waals surface area contributed by atoms with E-state index in [2.05, 4.69) is 31.4 Å². The number of amides is 1. The molecule has 4 heteroatoms. The van der Waals surface area contributed by atoms with Gasteiger partial charge >= 0.3 is 0 Å². The molecule has 0 aromatic rings. The fourth-order valence-corrected chi connectivity index (χ4v) is 2.85. The summed E-state index contributed by atoms with van der Waals surface area (Å²) in [4.78, 5) is 12.1. The first-order valence-corrected chi connectivity index (χ1v) is 7.65. The fourth-order valence-electron chi connectivity index (χ4n) is 2.85. The molecule has 1 rings (SSSR count). The minimum absolute atomic E-state index is 0.0951. The maximum absolute atomic E-state index is 12.1. The third-order valence-corrected chi connectivity index (χ3v) is 4.29. The molecule has 1 amide bonds. The third-order valence-electron chi connectivity index (χ3n) is 4.29. The molecule has 0 bridgehead atoms. The molecule has 19 heavy (non-hydrogen) atoms. The second kappa shape index (κ2) is 8.54. The lowest BCUT2D eigenvalue weighted by molar-refractivity contribution is -0.123. The third kappa shape index (κ3) is 5.91. The second-order valence-corrected chi connectivity index (χ2v) is 6.20. The number of hydrogen-bond acceptors (Lipinski definition) is 3. The van der Waals surface area contributed by atoms with E-state index in [1.807, 2.05) is 0 Å². The summed E-state index contributed by atoms with van der Waals surface area (Å²) in [5.74, 6) is 1.62. The van der Waals surface area contributed by atoms with Crippen LogP contribution >= 0.6 is 0 Å². The molecule has 0 aromatic heterocycles. The highest BCUT2D eigenvalue weighted by molar-refractivity contribution is 5.76. The van der Waals surface area contributed by atoms with Gasteiger partial charge in [-0.15, -0.1) is 0 Å². The summed E-state index contributed by atoms with van der Waals surface area (Å²) in [5, 5.41) is 15.5. The highest BCUT2D eigenvalue weighted by atomic mass is 16.3. The van der Waals surface area contributed by atoms with Crippen molar-refractivity contribution in [2.45, 2.75) is 52.5 Å². The van der Waals surface area contributed by atoms with Crippen LogP contribution < -0.4 is 10.6 Å². The number of nitrogens with one attached hydrogen (secondary N) is 2. The Balaban J connectivity index is 2.35. The van der Waals surface area contributed by atoms with Crippen molar-refractivity contribution < 1.29 is 9.90 Å². The van der Waals surface area contributed by atoms with Crippen LogP contribution in [-0.4, -0.2) is 36.8 Å². The number of rotatable bonds is 7. The molecular weight excluding hydrogens is 240 g/mol. The van der Waals surface area contributed by atoms with Crippen LogP contribution in [0.5, 0.6) is 0 Å². The minimum Gasteiger partial charge on any atom is -0.396 e. The molecule has 1 heterocycles. The largest absolute Gasteiger partial charge is 0.396 e. The molecule has 1 saturated heterocycles. The van der Waals surface area contributed by atoms with E-state index in [0.717, 1.165) is 13.1 Å². The molecule has 2 unspecified atom stereocenters. The Morgan fingerprint density at radius 2 is 1.95 bits per heavy atom. The van der Waals surface area contributed by atoms with Gasteiger partial charge in [-0.25, -0.2) is 0 Å². The molecular formula is C15H30N2O2. The lowest BCUT2D eigenvalue weighted by Crippen LogP contribution is -2.40. The Morgan fingerprint density at radius 3 is 2.47 bits per heavy atom. The second-order valence-electron chi connectivity index (χ2n) is 6.20. The molecule has 1 aliphatic rings. The van der Waals surface area contributed by atoms with Gasteiger partial charge in [-0.3, -0.25) is 4.79 Å². The van der Waals surface area contributed by atoms with E-state index >= 15 is 0 Å². The average molecular weight is 270 g/mol. The van der Waals surface area contributed by atoms with Crippen LogP contribution in [0.15, 0.2) is 0 Å². The van der Waals surface area contributed by atoms with Crippen molar-refractivity contribution in [2.24, 2.45) is 17.8 Å². The van der Waals surface area contributed by atoms with Crippen molar-refractivity contribution >= 4 is 5.91 Å². The molecule has 2 atom stereocenters. The molecule has 1 aliphatic heterocycles. The SMILES string of the molecule is CC(C)C(CCO)NC(=O)CC(C)C1CCNCC1. The first kappa shape index (κ1) is 16.4. The van der Waals surface area contributed by atoms with Crippen LogP contribution in [0.4, 0.5) is 0 Å². The zero-order valence-corrected chi connectivity index (χ0v) is 12.6. The number of aliphatic hydroxyl groups is 1. The van der Waals surface area contributed by atoms with E-state index in [1.54, 1.807) is 0 Å². The van der Waals surface area contributed by atoms with Gasteiger partial charge in [0, 0.05) is 19.1 Å². The van der Waals surface area contributed by atoms with Crippen molar-refractivity contribution in [2.75, 3.05) is 19.7 Å². The summed E-state index contributed by atoms with van der Waals surface area (Å²) in [6, 6.07) is 0.0951. The Bertz CT molecular complexity index is 263. The van der Waals surface area contributed by atoms with Crippen molar-refractivity contribution in [3.63, 3.8) is 0 Å². The van der Waals surface area contributed by atoms with Gasteiger partial charge in [-0.1, -0.05) is 20.8 Å². The number of hydrogen-bond donors (Lipinski definition) is 3. The Kier molecular flexibility index (Phi) is 7.39. The molecule has 0 radical (unpaired) electrons. The van der Waals surface area contributed by atoms with Crippen LogP contribution in [0, 0.1) is 17.8 Å². The van der Waals surface area contributed by atoms with Gasteiger partial charge in [-0.05, 0) is 50.1 Å². The van der Waals surface area contributed by atoms with E-state index in [4.69, 9.17) is 5.11 Å². The molecule has 0 saturated carbocycles. The first-order valence-electron chi connectivity index (χ1n) is 7.65. The Morgan fingerprint density at radius 1 is 1.32 bits per heavy atom. The summed E-state index contributed by atoms with van der Waals surface area (Å²) in [7, 11) is 0. The molecule has 0 aromatic carbocycles. The first-order chi connectivity index (χ1) is 9.04. The molecule has 1 fully saturated rings. The summed E-state index contributed by atoms with van der Waals surface area (Å²) < 4.78 is 0. The molecule has 3 N–H and O–H groups in total. The standard InChI is InChI=1S/C15H30N2O2/c1-11(2)14(6-9-18)17-15(19)10-12(3)13-4-7-16-8-5-13/h11-14,16,18H,4-10H2,1-3H3,(H,17,19). The van der Waals surface area contributed by atoms with Crippen LogP contribution in [0.2, 0.25) is 0 Å². The van der Waals surface area contributed by atoms with Gasteiger partial charge < -0.3 is 15.7 Å². The predicted octanol–water partition coefficient (Wildman–Crippen LogP) is 1.54. The fraction of sp³-hybridized carbons (Fsp3) is 0.933. The Hall–Kier alpha value is -0.610. The van der Waals surface area contributed by atoms with Gasteiger partial charge in [0.15, 0.2) is 0 Å². The maximum atomic E-state index is 12.1. The normalized spacial score (nSPS) is 20.3. The molecule has 0 spiro atoms. The highest BCUT2D eigenvalue weighted by Gasteiger charge is 2.23. The van der Waals surface area contributed by atoms with Crippen LogP contribution in [0.3, 0.4) is 0 Å². The van der Waals surface area contributed by atoms with Gasteiger partial charge in [0.1, 0.15) is 0 Å². The van der Waals surface area contributed by atoms with Crippen LogP contribution in [0.25, 0.3) is 0 Å². The predicted molar refractivity (Wildman–Crippen MR) is 77.8 cm³/mol. The van der Waals surface area contributed by atoms with Crippen molar-refractivity contribution in [3.8, 4) is 0 Å². The zero-order valence-electron chi connectivity index (χ0n) is 12.6. The van der Waals surface area contributed by atoms with Crippen molar-refractivity contribution in [1.29, 1.82) is 0 Å². The van der Waals surface area contributed by atoms with Gasteiger partial charge in [-0.2, -0.15) is 0 Å². The number of carbonyl (C=O) groups is 1. The zero-order chi connectivity index (χ0) is 14.3. The van der Waals surface area contributed by atoms with E-state index in [-0.39, 0.29) is 18.6 Å². The molecule has 112 valence electrons. The van der Waals surface area contributed by atoms with Gasteiger partial charge in [0.25, 0.3) is 0 Å². The lowest BCUT2D eigenvalue weighted by Gasteiger charge is -2.29. The van der Waals surface area contributed by atoms with Crippen LogP contribution in [-0.2, 0) is 4.79 Å². The van der Waals surface area contributed by atoms with Gasteiger partial charge in [0.05, 0.1) is 0 Å². The number of piperidine rings is 1. The quantitative estimate of drug-likeness (QED) is 0.657. The monoisotopic (exact) mass is 270 g/mol. The summed E-state index contributed by atoms with van der Waals surface area (Å²) in [6.45, 7) is 8.64. The molecule has 0 aliphatic carbocycles. The van der Waals surface area contributed by atoms with Crippen molar-refractivity contribution in [1.82, 2.24) is 10.6 Å². The van der Waals surface area contributed by atoms with E-state index in [1.165, 1.54) is 12.8 Å². The highest BCUT2D eigenvalue weighted by Crippen LogP contribution is 2.24. The minimum atomic E-state index is 0.0951.